The van der Waals surface area contributed by atoms with E-state index >= 15 is 0 Å². The Balaban J connectivity index is 2.94. The molecule has 5 nitrogen and oxygen atoms in total. The highest BCUT2D eigenvalue weighted by Gasteiger charge is 2.17. The Labute approximate surface area is 114 Å². The zero-order valence-corrected chi connectivity index (χ0v) is 12.1. The molecule has 1 unspecified atom stereocenters. The lowest BCUT2D eigenvalue weighted by molar-refractivity contribution is 0.0769. The number of carbonyl (C=O) groups is 1. The molecule has 0 aliphatic carbocycles. The fraction of sp³-hybridized carbons (Fsp3) is 0.500. The van der Waals surface area contributed by atoms with Crippen LogP contribution in [0.15, 0.2) is 18.2 Å². The number of nitrogen functional groups attached to an aromatic ring is 1. The smallest absolute Gasteiger partial charge is 0.255 e. The highest BCUT2D eigenvalue weighted by molar-refractivity contribution is 6.00. The molecule has 0 saturated heterocycles. The van der Waals surface area contributed by atoms with E-state index in [4.69, 9.17) is 5.73 Å². The standard InChI is InChI=1S/C14H23N3O2/c1-10(18)7-8-17(4)14(19)12-9-11(15)5-6-13(12)16(2)3/h5-6,9-10,18H,7-8,15H2,1-4H3. The number of carbonyl (C=O) groups excluding carboxylic acids is 1. The molecule has 1 aromatic rings. The van der Waals surface area contributed by atoms with Crippen LogP contribution < -0.4 is 10.6 Å². The normalized spacial score (nSPS) is 12.1. The Morgan fingerprint density at radius 3 is 2.53 bits per heavy atom. The fourth-order valence-electron chi connectivity index (χ4n) is 1.80. The first kappa shape index (κ1) is 15.3. The first-order chi connectivity index (χ1) is 8.82. The summed E-state index contributed by atoms with van der Waals surface area (Å²) in [7, 11) is 5.50. The van der Waals surface area contributed by atoms with Gasteiger partial charge in [0, 0.05) is 39.1 Å². The van der Waals surface area contributed by atoms with Crippen molar-refractivity contribution < 1.29 is 9.90 Å². The van der Waals surface area contributed by atoms with Crippen LogP contribution >= 0.6 is 0 Å². The molecule has 5 heteroatoms. The van der Waals surface area contributed by atoms with Gasteiger partial charge < -0.3 is 20.6 Å². The molecule has 1 rings (SSSR count). The van der Waals surface area contributed by atoms with Gasteiger partial charge in [0.25, 0.3) is 5.91 Å². The van der Waals surface area contributed by atoms with Gasteiger partial charge >= 0.3 is 0 Å². The number of aliphatic hydroxyl groups excluding tert-OH is 1. The Bertz CT molecular complexity index is 444. The maximum Gasteiger partial charge on any atom is 0.255 e. The van der Waals surface area contributed by atoms with Crippen molar-refractivity contribution in [2.75, 3.05) is 38.3 Å². The maximum absolute atomic E-state index is 12.4. The third-order valence-electron chi connectivity index (χ3n) is 2.96. The van der Waals surface area contributed by atoms with Gasteiger partial charge in [-0.2, -0.15) is 0 Å². The Morgan fingerprint density at radius 1 is 1.37 bits per heavy atom. The summed E-state index contributed by atoms with van der Waals surface area (Å²) in [5, 5.41) is 9.27. The summed E-state index contributed by atoms with van der Waals surface area (Å²) in [5.41, 5.74) is 7.74. The largest absolute Gasteiger partial charge is 0.399 e. The predicted molar refractivity (Wildman–Crippen MR) is 78.4 cm³/mol. The van der Waals surface area contributed by atoms with Crippen molar-refractivity contribution in [3.8, 4) is 0 Å². The van der Waals surface area contributed by atoms with E-state index in [0.29, 0.717) is 24.2 Å². The third kappa shape index (κ3) is 4.13. The van der Waals surface area contributed by atoms with E-state index in [1.54, 1.807) is 31.0 Å². The third-order valence-corrected chi connectivity index (χ3v) is 2.96. The summed E-state index contributed by atoms with van der Waals surface area (Å²) in [6.07, 6.45) is 0.145. The molecule has 0 radical (unpaired) electrons. The fourth-order valence-corrected chi connectivity index (χ4v) is 1.80. The summed E-state index contributed by atoms with van der Waals surface area (Å²) >= 11 is 0. The lowest BCUT2D eigenvalue weighted by Crippen LogP contribution is -2.30. The zero-order valence-electron chi connectivity index (χ0n) is 12.1. The van der Waals surface area contributed by atoms with E-state index < -0.39 is 6.10 Å². The minimum atomic E-state index is -0.413. The summed E-state index contributed by atoms with van der Waals surface area (Å²) in [6.45, 7) is 2.22. The number of nitrogens with zero attached hydrogens (tertiary/aromatic N) is 2. The van der Waals surface area contributed by atoms with Gasteiger partial charge in [-0.05, 0) is 31.5 Å². The minimum Gasteiger partial charge on any atom is -0.399 e. The maximum atomic E-state index is 12.4. The number of hydrogen-bond donors (Lipinski definition) is 2. The van der Waals surface area contributed by atoms with E-state index in [9.17, 15) is 9.90 Å². The second kappa shape index (κ2) is 6.43. The molecular formula is C14H23N3O2. The van der Waals surface area contributed by atoms with Gasteiger partial charge in [-0.3, -0.25) is 4.79 Å². The molecule has 19 heavy (non-hydrogen) atoms. The van der Waals surface area contributed by atoms with E-state index in [1.807, 2.05) is 25.1 Å². The van der Waals surface area contributed by atoms with Crippen molar-refractivity contribution in [2.45, 2.75) is 19.4 Å². The topological polar surface area (TPSA) is 69.8 Å². The Hall–Kier alpha value is -1.75. The van der Waals surface area contributed by atoms with Crippen LogP contribution in [0.25, 0.3) is 0 Å². The average molecular weight is 265 g/mol. The first-order valence-corrected chi connectivity index (χ1v) is 6.33. The number of amides is 1. The number of hydrogen-bond acceptors (Lipinski definition) is 4. The van der Waals surface area contributed by atoms with Crippen molar-refractivity contribution in [3.05, 3.63) is 23.8 Å². The summed E-state index contributed by atoms with van der Waals surface area (Å²) in [6, 6.07) is 5.31. The second-order valence-corrected chi connectivity index (χ2v) is 5.04. The van der Waals surface area contributed by atoms with E-state index in [-0.39, 0.29) is 5.91 Å². The zero-order chi connectivity index (χ0) is 14.6. The van der Waals surface area contributed by atoms with Gasteiger partial charge in [0.1, 0.15) is 0 Å². The number of anilines is 2. The molecule has 0 fully saturated rings. The van der Waals surface area contributed by atoms with Gasteiger partial charge in [0.05, 0.1) is 11.7 Å². The lowest BCUT2D eigenvalue weighted by Gasteiger charge is -2.22. The van der Waals surface area contributed by atoms with Crippen LogP contribution in [0.3, 0.4) is 0 Å². The Morgan fingerprint density at radius 2 is 2.00 bits per heavy atom. The van der Waals surface area contributed by atoms with Crippen molar-refractivity contribution >= 4 is 17.3 Å². The molecule has 1 atom stereocenters. The Kier molecular flexibility index (Phi) is 5.18. The molecule has 1 amide bonds. The lowest BCUT2D eigenvalue weighted by atomic mass is 10.1. The van der Waals surface area contributed by atoms with Crippen molar-refractivity contribution in [1.82, 2.24) is 4.90 Å². The van der Waals surface area contributed by atoms with E-state index in [1.165, 1.54) is 0 Å². The van der Waals surface area contributed by atoms with Crippen LogP contribution in [-0.4, -0.2) is 49.7 Å². The summed E-state index contributed by atoms with van der Waals surface area (Å²) in [5.74, 6) is -0.0864. The van der Waals surface area contributed by atoms with Crippen LogP contribution in [0.4, 0.5) is 11.4 Å². The van der Waals surface area contributed by atoms with Crippen LogP contribution in [0.1, 0.15) is 23.7 Å². The molecule has 0 bridgehead atoms. The average Bonchev–Trinajstić information content (AvgIpc) is 2.34. The van der Waals surface area contributed by atoms with Crippen molar-refractivity contribution in [2.24, 2.45) is 0 Å². The molecule has 0 heterocycles. The van der Waals surface area contributed by atoms with Gasteiger partial charge in [0.15, 0.2) is 0 Å². The summed E-state index contributed by atoms with van der Waals surface area (Å²) < 4.78 is 0. The molecule has 0 aliphatic heterocycles. The molecular weight excluding hydrogens is 242 g/mol. The van der Waals surface area contributed by atoms with E-state index in [2.05, 4.69) is 0 Å². The summed E-state index contributed by atoms with van der Waals surface area (Å²) in [4.78, 5) is 15.9. The number of nitrogens with two attached hydrogens (primary N) is 1. The quantitative estimate of drug-likeness (QED) is 0.784. The van der Waals surface area contributed by atoms with Crippen molar-refractivity contribution in [3.63, 3.8) is 0 Å². The second-order valence-electron chi connectivity index (χ2n) is 5.04. The number of rotatable bonds is 5. The monoisotopic (exact) mass is 265 g/mol. The molecule has 3 N–H and O–H groups in total. The first-order valence-electron chi connectivity index (χ1n) is 6.33. The highest BCUT2D eigenvalue weighted by atomic mass is 16.3. The number of benzene rings is 1. The van der Waals surface area contributed by atoms with Gasteiger partial charge in [-0.1, -0.05) is 0 Å². The SMILES string of the molecule is CC(O)CCN(C)C(=O)c1cc(N)ccc1N(C)C. The molecule has 0 spiro atoms. The number of aliphatic hydroxyl groups is 1. The molecule has 0 saturated carbocycles. The van der Waals surface area contributed by atoms with Crippen LogP contribution in [-0.2, 0) is 0 Å². The van der Waals surface area contributed by atoms with Crippen LogP contribution in [0.5, 0.6) is 0 Å². The van der Waals surface area contributed by atoms with Gasteiger partial charge in [-0.25, -0.2) is 0 Å². The molecule has 106 valence electrons. The highest BCUT2D eigenvalue weighted by Crippen LogP contribution is 2.22. The van der Waals surface area contributed by atoms with Crippen LogP contribution in [0, 0.1) is 0 Å². The molecule has 0 aliphatic rings. The van der Waals surface area contributed by atoms with Gasteiger partial charge in [-0.15, -0.1) is 0 Å². The van der Waals surface area contributed by atoms with Crippen LogP contribution in [0.2, 0.25) is 0 Å². The van der Waals surface area contributed by atoms with Crippen molar-refractivity contribution in [1.29, 1.82) is 0 Å². The van der Waals surface area contributed by atoms with Gasteiger partial charge in [0.2, 0.25) is 0 Å². The predicted octanol–water partition coefficient (Wildman–Crippen LogP) is 1.18. The molecule has 0 aromatic heterocycles. The molecule has 1 aromatic carbocycles. The minimum absolute atomic E-state index is 0.0864. The van der Waals surface area contributed by atoms with E-state index in [0.717, 1.165) is 5.69 Å².